The summed E-state index contributed by atoms with van der Waals surface area (Å²) in [6.07, 6.45) is 13.4. The molecule has 25 heavy (non-hydrogen) atoms. The summed E-state index contributed by atoms with van der Waals surface area (Å²) in [4.78, 5) is 23.8. The van der Waals surface area contributed by atoms with E-state index in [0.29, 0.717) is 5.56 Å². The van der Waals surface area contributed by atoms with Gasteiger partial charge in [0.1, 0.15) is 6.33 Å². The van der Waals surface area contributed by atoms with Gasteiger partial charge < -0.3 is 4.90 Å². The lowest BCUT2D eigenvalue weighted by Crippen LogP contribution is -2.46. The van der Waals surface area contributed by atoms with Gasteiger partial charge in [0.15, 0.2) is 0 Å². The van der Waals surface area contributed by atoms with Gasteiger partial charge in [-0.1, -0.05) is 42.5 Å². The van der Waals surface area contributed by atoms with Crippen LogP contribution in [0.1, 0.15) is 42.5 Å². The quantitative estimate of drug-likeness (QED) is 0.777. The Labute approximate surface area is 148 Å². The molecule has 1 amide bonds. The van der Waals surface area contributed by atoms with Crippen LogP contribution in [0.3, 0.4) is 0 Å². The molecule has 128 valence electrons. The van der Waals surface area contributed by atoms with E-state index < -0.39 is 0 Å². The molecule has 0 radical (unpaired) electrons. The first-order valence-electron chi connectivity index (χ1n) is 9.07. The van der Waals surface area contributed by atoms with E-state index in [4.69, 9.17) is 0 Å². The molecule has 1 aliphatic heterocycles. The molecule has 1 fully saturated rings. The number of carbonyl (C=O) groups excluding carboxylic acids is 1. The van der Waals surface area contributed by atoms with Crippen LogP contribution in [0.2, 0.25) is 0 Å². The van der Waals surface area contributed by atoms with E-state index in [1.165, 1.54) is 19.2 Å². The van der Waals surface area contributed by atoms with Gasteiger partial charge in [0, 0.05) is 24.8 Å². The summed E-state index contributed by atoms with van der Waals surface area (Å²) in [5.74, 6) is 0.0630. The van der Waals surface area contributed by atoms with Gasteiger partial charge in [0.05, 0.1) is 11.3 Å². The number of piperidine rings is 1. The minimum atomic E-state index is 0.0630. The molecular weight excluding hydrogens is 310 g/mol. The molecule has 1 aromatic heterocycles. The molecule has 4 nitrogen and oxygen atoms in total. The lowest BCUT2D eigenvalue weighted by atomic mass is 9.71. The minimum absolute atomic E-state index is 0.0630. The molecule has 1 saturated heterocycles. The number of hydrogen-bond acceptors (Lipinski definition) is 3. The van der Waals surface area contributed by atoms with Crippen molar-refractivity contribution in [1.29, 1.82) is 0 Å². The summed E-state index contributed by atoms with van der Waals surface area (Å²) >= 11 is 0. The Bertz CT molecular complexity index is 787. The van der Waals surface area contributed by atoms with Crippen molar-refractivity contribution in [3.05, 3.63) is 60.6 Å². The van der Waals surface area contributed by atoms with Gasteiger partial charge in [-0.25, -0.2) is 9.97 Å². The second-order valence-electron chi connectivity index (χ2n) is 7.20. The van der Waals surface area contributed by atoms with Crippen LogP contribution in [0.25, 0.3) is 11.3 Å². The molecular formula is C21H23N3O. The maximum absolute atomic E-state index is 13.2. The Balaban J connectivity index is 1.62. The zero-order chi connectivity index (χ0) is 17.1. The predicted molar refractivity (Wildman–Crippen MR) is 98.0 cm³/mol. The summed E-state index contributed by atoms with van der Waals surface area (Å²) in [5.41, 5.74) is 2.56. The average Bonchev–Trinajstić information content (AvgIpc) is 2.69. The number of benzene rings is 1. The van der Waals surface area contributed by atoms with Crippen LogP contribution in [-0.2, 0) is 0 Å². The maximum Gasteiger partial charge on any atom is 0.257 e. The number of nitrogens with zero attached hydrogens (tertiary/aromatic N) is 3. The molecule has 0 bridgehead atoms. The SMILES string of the molecule is O=C(c1cncnc1-c1ccccc1)N1CCC[C@@]2(CC=CCC2)C1. The Morgan fingerprint density at radius 1 is 1.12 bits per heavy atom. The molecule has 1 aliphatic carbocycles. The fraction of sp³-hybridized carbons (Fsp3) is 0.381. The molecule has 1 spiro atoms. The van der Waals surface area contributed by atoms with Gasteiger partial charge in [-0.3, -0.25) is 4.79 Å². The standard InChI is InChI=1S/C21H23N3O/c25-20(24-13-7-12-21(15-24)10-5-2-6-11-21)18-14-22-16-23-19(18)17-8-3-1-4-9-17/h1-5,8-9,14,16H,6-7,10-13,15H2/t21-/m0/s1. The number of aromatic nitrogens is 2. The van der Waals surface area contributed by atoms with Gasteiger partial charge in [0.25, 0.3) is 5.91 Å². The third kappa shape index (κ3) is 3.21. The molecule has 4 rings (SSSR count). The third-order valence-electron chi connectivity index (χ3n) is 5.50. The Hall–Kier alpha value is -2.49. The Morgan fingerprint density at radius 2 is 2.00 bits per heavy atom. The molecule has 2 heterocycles. The highest BCUT2D eigenvalue weighted by atomic mass is 16.2. The number of carbonyl (C=O) groups is 1. The van der Waals surface area contributed by atoms with Crippen molar-refractivity contribution in [1.82, 2.24) is 14.9 Å². The lowest BCUT2D eigenvalue weighted by Gasteiger charge is -2.44. The summed E-state index contributed by atoms with van der Waals surface area (Å²) in [6, 6.07) is 9.88. The Kier molecular flexibility index (Phi) is 4.35. The molecule has 1 aromatic carbocycles. The van der Waals surface area contributed by atoms with E-state index >= 15 is 0 Å². The van der Waals surface area contributed by atoms with E-state index in [1.807, 2.05) is 35.2 Å². The first-order chi connectivity index (χ1) is 12.3. The van der Waals surface area contributed by atoms with Crippen molar-refractivity contribution in [2.24, 2.45) is 5.41 Å². The van der Waals surface area contributed by atoms with E-state index in [-0.39, 0.29) is 11.3 Å². The van der Waals surface area contributed by atoms with Crippen LogP contribution in [0.4, 0.5) is 0 Å². The largest absolute Gasteiger partial charge is 0.338 e. The number of amides is 1. The summed E-state index contributed by atoms with van der Waals surface area (Å²) in [6.45, 7) is 1.67. The van der Waals surface area contributed by atoms with Crippen LogP contribution >= 0.6 is 0 Å². The van der Waals surface area contributed by atoms with Crippen molar-refractivity contribution in [3.63, 3.8) is 0 Å². The normalized spacial score (nSPS) is 23.0. The van der Waals surface area contributed by atoms with Gasteiger partial charge in [0.2, 0.25) is 0 Å². The highest BCUT2D eigenvalue weighted by Crippen LogP contribution is 2.41. The number of rotatable bonds is 2. The molecule has 2 aromatic rings. The number of likely N-dealkylation sites (tertiary alicyclic amines) is 1. The van der Waals surface area contributed by atoms with Crippen molar-refractivity contribution in [2.75, 3.05) is 13.1 Å². The molecule has 0 unspecified atom stereocenters. The van der Waals surface area contributed by atoms with Gasteiger partial charge in [-0.2, -0.15) is 0 Å². The number of allylic oxidation sites excluding steroid dienone is 2. The second kappa shape index (κ2) is 6.79. The maximum atomic E-state index is 13.2. The summed E-state index contributed by atoms with van der Waals surface area (Å²) in [5, 5.41) is 0. The smallest absolute Gasteiger partial charge is 0.257 e. The lowest BCUT2D eigenvalue weighted by molar-refractivity contribution is 0.0484. The predicted octanol–water partition coefficient (Wildman–Crippen LogP) is 4.11. The van der Waals surface area contributed by atoms with E-state index in [1.54, 1.807) is 6.20 Å². The van der Waals surface area contributed by atoms with Crippen molar-refractivity contribution >= 4 is 5.91 Å². The van der Waals surface area contributed by atoms with E-state index in [2.05, 4.69) is 22.1 Å². The van der Waals surface area contributed by atoms with Crippen LogP contribution < -0.4 is 0 Å². The van der Waals surface area contributed by atoms with Gasteiger partial charge in [-0.15, -0.1) is 0 Å². The van der Waals surface area contributed by atoms with E-state index in [0.717, 1.165) is 43.6 Å². The highest BCUT2D eigenvalue weighted by Gasteiger charge is 2.37. The fourth-order valence-electron chi connectivity index (χ4n) is 4.18. The summed E-state index contributed by atoms with van der Waals surface area (Å²) < 4.78 is 0. The molecule has 4 heteroatoms. The monoisotopic (exact) mass is 333 g/mol. The zero-order valence-corrected chi connectivity index (χ0v) is 14.4. The molecule has 2 aliphatic rings. The Morgan fingerprint density at radius 3 is 2.80 bits per heavy atom. The fourth-order valence-corrected chi connectivity index (χ4v) is 4.18. The first kappa shape index (κ1) is 16.0. The van der Waals surface area contributed by atoms with Crippen molar-refractivity contribution in [3.8, 4) is 11.3 Å². The molecule has 0 N–H and O–H groups in total. The van der Waals surface area contributed by atoms with Crippen molar-refractivity contribution in [2.45, 2.75) is 32.1 Å². The van der Waals surface area contributed by atoms with Gasteiger partial charge >= 0.3 is 0 Å². The highest BCUT2D eigenvalue weighted by molar-refractivity contribution is 5.99. The van der Waals surface area contributed by atoms with E-state index in [9.17, 15) is 4.79 Å². The second-order valence-corrected chi connectivity index (χ2v) is 7.20. The van der Waals surface area contributed by atoms with Crippen LogP contribution in [0.15, 0.2) is 55.0 Å². The number of hydrogen-bond donors (Lipinski definition) is 0. The average molecular weight is 333 g/mol. The van der Waals surface area contributed by atoms with Crippen molar-refractivity contribution < 1.29 is 4.79 Å². The third-order valence-corrected chi connectivity index (χ3v) is 5.50. The van der Waals surface area contributed by atoms with Crippen LogP contribution in [-0.4, -0.2) is 33.9 Å². The molecule has 1 atom stereocenters. The minimum Gasteiger partial charge on any atom is -0.338 e. The van der Waals surface area contributed by atoms with Crippen LogP contribution in [0.5, 0.6) is 0 Å². The summed E-state index contributed by atoms with van der Waals surface area (Å²) in [7, 11) is 0. The zero-order valence-electron chi connectivity index (χ0n) is 14.4. The first-order valence-corrected chi connectivity index (χ1v) is 9.07. The topological polar surface area (TPSA) is 46.1 Å². The van der Waals surface area contributed by atoms with Crippen LogP contribution in [0, 0.1) is 5.41 Å². The van der Waals surface area contributed by atoms with Gasteiger partial charge in [-0.05, 0) is 37.5 Å². The molecule has 0 saturated carbocycles.